The molecule has 0 aliphatic rings. The first-order valence-corrected chi connectivity index (χ1v) is 5.65. The molecule has 0 aromatic heterocycles. The highest BCUT2D eigenvalue weighted by atomic mass is 35.5. The van der Waals surface area contributed by atoms with E-state index in [0.717, 1.165) is 4.31 Å². The Morgan fingerprint density at radius 3 is 2.36 bits per heavy atom. The van der Waals surface area contributed by atoms with Gasteiger partial charge in [-0.3, -0.25) is 0 Å². The average molecular weight is 235 g/mol. The van der Waals surface area contributed by atoms with Crippen LogP contribution in [0, 0.1) is 0 Å². The van der Waals surface area contributed by atoms with Crippen molar-refractivity contribution in [2.45, 2.75) is 4.90 Å². The Morgan fingerprint density at radius 2 is 1.93 bits per heavy atom. The Balaban J connectivity index is 3.48. The number of halogens is 1. The quantitative estimate of drug-likeness (QED) is 0.782. The Morgan fingerprint density at radius 1 is 1.36 bits per heavy atom. The van der Waals surface area contributed by atoms with Crippen LogP contribution in [-0.2, 0) is 10.0 Å². The van der Waals surface area contributed by atoms with Crippen molar-refractivity contribution in [2.75, 3.05) is 19.8 Å². The molecule has 0 radical (unpaired) electrons. The SMILES string of the molecule is CN(C)S(=O)(=O)c1c(N)cccc1Cl. The van der Waals surface area contributed by atoms with Crippen molar-refractivity contribution in [3.63, 3.8) is 0 Å². The van der Waals surface area contributed by atoms with Crippen LogP contribution in [-0.4, -0.2) is 26.8 Å². The molecule has 0 bridgehead atoms. The van der Waals surface area contributed by atoms with Crippen molar-refractivity contribution < 1.29 is 8.42 Å². The molecular formula is C8H11ClN2O2S. The van der Waals surface area contributed by atoms with Gasteiger partial charge in [0, 0.05) is 14.1 Å². The number of nitrogens with two attached hydrogens (primary N) is 1. The second kappa shape index (κ2) is 3.76. The molecule has 0 atom stereocenters. The lowest BCUT2D eigenvalue weighted by molar-refractivity contribution is 0.521. The van der Waals surface area contributed by atoms with Crippen LogP contribution < -0.4 is 5.73 Å². The van der Waals surface area contributed by atoms with Crippen LogP contribution in [0.5, 0.6) is 0 Å². The number of nitrogen functional groups attached to an aromatic ring is 1. The van der Waals surface area contributed by atoms with Crippen LogP contribution in [0.15, 0.2) is 23.1 Å². The van der Waals surface area contributed by atoms with Gasteiger partial charge in [-0.2, -0.15) is 0 Å². The molecule has 0 aliphatic heterocycles. The van der Waals surface area contributed by atoms with Gasteiger partial charge in [0.25, 0.3) is 0 Å². The Kier molecular flexibility index (Phi) is 3.04. The number of sulfonamides is 1. The highest BCUT2D eigenvalue weighted by molar-refractivity contribution is 7.89. The third-order valence-electron chi connectivity index (χ3n) is 1.74. The largest absolute Gasteiger partial charge is 0.398 e. The summed E-state index contributed by atoms with van der Waals surface area (Å²) in [5.41, 5.74) is 5.71. The second-order valence-electron chi connectivity index (χ2n) is 2.95. The molecule has 0 amide bonds. The van der Waals surface area contributed by atoms with Crippen LogP contribution in [0.1, 0.15) is 0 Å². The van der Waals surface area contributed by atoms with Gasteiger partial charge in [-0.15, -0.1) is 0 Å². The molecule has 0 heterocycles. The van der Waals surface area contributed by atoms with Gasteiger partial charge in [0.1, 0.15) is 4.90 Å². The van der Waals surface area contributed by atoms with Gasteiger partial charge in [0.15, 0.2) is 0 Å². The van der Waals surface area contributed by atoms with Crippen LogP contribution in [0.3, 0.4) is 0 Å². The summed E-state index contributed by atoms with van der Waals surface area (Å²) in [4.78, 5) is -0.0355. The van der Waals surface area contributed by atoms with E-state index in [2.05, 4.69) is 0 Å². The number of nitrogens with zero attached hydrogens (tertiary/aromatic N) is 1. The predicted octanol–water partition coefficient (Wildman–Crippen LogP) is 1.17. The predicted molar refractivity (Wildman–Crippen MR) is 56.7 cm³/mol. The molecule has 78 valence electrons. The normalized spacial score (nSPS) is 12.0. The summed E-state index contributed by atoms with van der Waals surface area (Å²) < 4.78 is 24.5. The minimum atomic E-state index is -3.56. The summed E-state index contributed by atoms with van der Waals surface area (Å²) in [6.45, 7) is 0. The first kappa shape index (κ1) is 11.3. The van der Waals surface area contributed by atoms with Gasteiger partial charge in [-0.05, 0) is 12.1 Å². The van der Waals surface area contributed by atoms with Gasteiger partial charge in [-0.1, -0.05) is 17.7 Å². The molecule has 1 aromatic carbocycles. The van der Waals surface area contributed by atoms with E-state index in [1.165, 1.54) is 26.2 Å². The lowest BCUT2D eigenvalue weighted by Crippen LogP contribution is -2.23. The Bertz CT molecular complexity index is 422. The number of rotatable bonds is 2. The van der Waals surface area contributed by atoms with E-state index in [9.17, 15) is 8.42 Å². The molecule has 0 unspecified atom stereocenters. The maximum absolute atomic E-state index is 11.7. The Hall–Kier alpha value is -0.780. The van der Waals surface area contributed by atoms with Crippen LogP contribution in [0.25, 0.3) is 0 Å². The zero-order valence-electron chi connectivity index (χ0n) is 7.86. The van der Waals surface area contributed by atoms with E-state index in [1.807, 2.05) is 0 Å². The fourth-order valence-corrected chi connectivity index (χ4v) is 2.50. The van der Waals surface area contributed by atoms with Gasteiger partial charge in [0.05, 0.1) is 10.7 Å². The molecule has 4 nitrogen and oxygen atoms in total. The zero-order chi connectivity index (χ0) is 10.9. The molecule has 1 aromatic rings. The van der Waals surface area contributed by atoms with E-state index in [1.54, 1.807) is 6.07 Å². The molecule has 0 aliphatic carbocycles. The number of anilines is 1. The molecular weight excluding hydrogens is 224 g/mol. The monoisotopic (exact) mass is 234 g/mol. The molecule has 6 heteroatoms. The van der Waals surface area contributed by atoms with Gasteiger partial charge in [-0.25, -0.2) is 12.7 Å². The molecule has 2 N–H and O–H groups in total. The third kappa shape index (κ3) is 1.84. The maximum atomic E-state index is 11.7. The number of hydrogen-bond donors (Lipinski definition) is 1. The third-order valence-corrected chi connectivity index (χ3v) is 4.10. The highest BCUT2D eigenvalue weighted by Crippen LogP contribution is 2.28. The van der Waals surface area contributed by atoms with Crippen molar-refractivity contribution in [1.82, 2.24) is 4.31 Å². The summed E-state index contributed by atoms with van der Waals surface area (Å²) in [6, 6.07) is 4.60. The minimum Gasteiger partial charge on any atom is -0.398 e. The van der Waals surface area contributed by atoms with Crippen molar-refractivity contribution in [3.05, 3.63) is 23.2 Å². The van der Waals surface area contributed by atoms with Crippen molar-refractivity contribution >= 4 is 27.3 Å². The molecule has 0 spiro atoms. The first-order valence-electron chi connectivity index (χ1n) is 3.84. The van der Waals surface area contributed by atoms with E-state index in [0.29, 0.717) is 0 Å². The molecule has 1 rings (SSSR count). The fourth-order valence-electron chi connectivity index (χ4n) is 0.980. The standard InChI is InChI=1S/C8H11ClN2O2S/c1-11(2)14(12,13)8-6(9)4-3-5-7(8)10/h3-5H,10H2,1-2H3. The summed E-state index contributed by atoms with van der Waals surface area (Å²) >= 11 is 5.77. The fraction of sp³-hybridized carbons (Fsp3) is 0.250. The van der Waals surface area contributed by atoms with E-state index >= 15 is 0 Å². The highest BCUT2D eigenvalue weighted by Gasteiger charge is 2.23. The maximum Gasteiger partial charge on any atom is 0.246 e. The summed E-state index contributed by atoms with van der Waals surface area (Å²) in [6.07, 6.45) is 0. The summed E-state index contributed by atoms with van der Waals surface area (Å²) in [7, 11) is -0.705. The van der Waals surface area contributed by atoms with Crippen molar-refractivity contribution in [1.29, 1.82) is 0 Å². The van der Waals surface area contributed by atoms with E-state index in [-0.39, 0.29) is 15.6 Å². The topological polar surface area (TPSA) is 63.4 Å². The van der Waals surface area contributed by atoms with Crippen molar-refractivity contribution in [3.8, 4) is 0 Å². The smallest absolute Gasteiger partial charge is 0.246 e. The van der Waals surface area contributed by atoms with Gasteiger partial charge < -0.3 is 5.73 Å². The summed E-state index contributed by atoms with van der Waals surface area (Å²) in [5, 5.41) is 0.138. The second-order valence-corrected chi connectivity index (χ2v) is 5.44. The van der Waals surface area contributed by atoms with Crippen LogP contribution in [0.4, 0.5) is 5.69 Å². The van der Waals surface area contributed by atoms with E-state index in [4.69, 9.17) is 17.3 Å². The first-order chi connectivity index (χ1) is 6.37. The number of hydrogen-bond acceptors (Lipinski definition) is 3. The van der Waals surface area contributed by atoms with Crippen LogP contribution in [0.2, 0.25) is 5.02 Å². The van der Waals surface area contributed by atoms with Gasteiger partial charge >= 0.3 is 0 Å². The molecule has 0 saturated heterocycles. The minimum absolute atomic E-state index is 0.0355. The van der Waals surface area contributed by atoms with Crippen molar-refractivity contribution in [2.24, 2.45) is 0 Å². The molecule has 0 saturated carbocycles. The Labute approximate surface area is 88.3 Å². The lowest BCUT2D eigenvalue weighted by atomic mass is 10.3. The van der Waals surface area contributed by atoms with E-state index < -0.39 is 10.0 Å². The number of benzene rings is 1. The van der Waals surface area contributed by atoms with Crippen LogP contribution >= 0.6 is 11.6 Å². The van der Waals surface area contributed by atoms with Gasteiger partial charge in [0.2, 0.25) is 10.0 Å². The summed E-state index contributed by atoms with van der Waals surface area (Å²) in [5.74, 6) is 0. The average Bonchev–Trinajstić information content (AvgIpc) is 2.02. The zero-order valence-corrected chi connectivity index (χ0v) is 9.43. The molecule has 14 heavy (non-hydrogen) atoms. The lowest BCUT2D eigenvalue weighted by Gasteiger charge is -2.14. The molecule has 0 fully saturated rings.